The van der Waals surface area contributed by atoms with Crippen molar-refractivity contribution in [2.75, 3.05) is 11.6 Å². The van der Waals surface area contributed by atoms with Crippen molar-refractivity contribution in [1.29, 1.82) is 0 Å². The average molecular weight is 291 g/mol. The molecule has 0 atom stereocenters. The highest BCUT2D eigenvalue weighted by atomic mass is 35.5. The molecule has 1 rings (SSSR count). The molecule has 0 aromatic carbocycles. The van der Waals surface area contributed by atoms with E-state index in [1.54, 1.807) is 12.4 Å². The standard InChI is InChI=1S/C12H19ClN2O2S/c1-12(2,6-7-13)15-18(16,17)10-5-11-3-8-14-9-4-11/h3-4,8-9,15H,5-7,10H2,1-2H3. The monoisotopic (exact) mass is 290 g/mol. The van der Waals surface area contributed by atoms with Crippen LogP contribution >= 0.6 is 11.6 Å². The SMILES string of the molecule is CC(C)(CCCl)NS(=O)(=O)CCc1ccncc1. The summed E-state index contributed by atoms with van der Waals surface area (Å²) < 4.78 is 26.5. The maximum absolute atomic E-state index is 11.9. The molecule has 0 unspecified atom stereocenters. The van der Waals surface area contributed by atoms with Crippen molar-refractivity contribution in [2.45, 2.75) is 32.2 Å². The van der Waals surface area contributed by atoms with Crippen molar-refractivity contribution >= 4 is 21.6 Å². The number of halogens is 1. The number of alkyl halides is 1. The molecule has 0 radical (unpaired) electrons. The van der Waals surface area contributed by atoms with E-state index in [1.807, 2.05) is 26.0 Å². The van der Waals surface area contributed by atoms with Crippen molar-refractivity contribution in [3.63, 3.8) is 0 Å². The van der Waals surface area contributed by atoms with Gasteiger partial charge in [0.25, 0.3) is 0 Å². The van der Waals surface area contributed by atoms with Crippen molar-refractivity contribution in [3.8, 4) is 0 Å². The quantitative estimate of drug-likeness (QED) is 0.781. The minimum Gasteiger partial charge on any atom is -0.265 e. The molecular weight excluding hydrogens is 272 g/mol. The Bertz CT molecular complexity index is 460. The Morgan fingerprint density at radius 2 is 1.94 bits per heavy atom. The lowest BCUT2D eigenvalue weighted by Gasteiger charge is -2.24. The van der Waals surface area contributed by atoms with E-state index in [9.17, 15) is 8.42 Å². The Hall–Kier alpha value is -0.650. The maximum Gasteiger partial charge on any atom is 0.212 e. The van der Waals surface area contributed by atoms with E-state index in [-0.39, 0.29) is 5.75 Å². The predicted octanol–water partition coefficient (Wildman–Crippen LogP) is 1.95. The molecule has 0 aliphatic rings. The second kappa shape index (κ2) is 6.50. The molecule has 4 nitrogen and oxygen atoms in total. The van der Waals surface area contributed by atoms with Gasteiger partial charge in [-0.3, -0.25) is 4.98 Å². The van der Waals surface area contributed by atoms with E-state index in [4.69, 9.17) is 11.6 Å². The van der Waals surface area contributed by atoms with Gasteiger partial charge in [0.05, 0.1) is 5.75 Å². The number of sulfonamides is 1. The number of hydrogen-bond acceptors (Lipinski definition) is 3. The summed E-state index contributed by atoms with van der Waals surface area (Å²) in [7, 11) is -3.29. The molecule has 102 valence electrons. The van der Waals surface area contributed by atoms with Gasteiger partial charge in [-0.1, -0.05) is 0 Å². The Kier molecular flexibility index (Phi) is 5.56. The first-order valence-electron chi connectivity index (χ1n) is 5.81. The van der Waals surface area contributed by atoms with Crippen LogP contribution in [-0.4, -0.2) is 30.6 Å². The molecule has 0 aliphatic heterocycles. The van der Waals surface area contributed by atoms with E-state index in [2.05, 4.69) is 9.71 Å². The largest absolute Gasteiger partial charge is 0.265 e. The molecule has 1 N–H and O–H groups in total. The van der Waals surface area contributed by atoms with Gasteiger partial charge in [0.2, 0.25) is 10.0 Å². The predicted molar refractivity (Wildman–Crippen MR) is 74.3 cm³/mol. The molecule has 0 amide bonds. The lowest BCUT2D eigenvalue weighted by molar-refractivity contribution is 0.441. The molecule has 6 heteroatoms. The van der Waals surface area contributed by atoms with Crippen LogP contribution in [0.4, 0.5) is 0 Å². The number of aromatic nitrogens is 1. The van der Waals surface area contributed by atoms with Crippen molar-refractivity contribution in [3.05, 3.63) is 30.1 Å². The number of pyridine rings is 1. The Labute approximate surface area is 114 Å². The molecule has 1 heterocycles. The highest BCUT2D eigenvalue weighted by Crippen LogP contribution is 2.11. The van der Waals surface area contributed by atoms with Gasteiger partial charge in [0, 0.05) is 23.8 Å². The zero-order chi connectivity index (χ0) is 13.6. The normalized spacial score (nSPS) is 12.6. The van der Waals surface area contributed by atoms with E-state index in [1.165, 1.54) is 0 Å². The summed E-state index contributed by atoms with van der Waals surface area (Å²) in [6.45, 7) is 3.67. The highest BCUT2D eigenvalue weighted by molar-refractivity contribution is 7.89. The van der Waals surface area contributed by atoms with Gasteiger partial charge < -0.3 is 0 Å². The summed E-state index contributed by atoms with van der Waals surface area (Å²) >= 11 is 5.65. The van der Waals surface area contributed by atoms with Gasteiger partial charge in [-0.25, -0.2) is 13.1 Å². The van der Waals surface area contributed by atoms with Crippen LogP contribution in [0.25, 0.3) is 0 Å². The van der Waals surface area contributed by atoms with E-state index in [0.29, 0.717) is 18.7 Å². The lowest BCUT2D eigenvalue weighted by atomic mass is 10.0. The fraction of sp³-hybridized carbons (Fsp3) is 0.583. The van der Waals surface area contributed by atoms with E-state index < -0.39 is 15.6 Å². The summed E-state index contributed by atoms with van der Waals surface area (Å²) in [4.78, 5) is 3.89. The Morgan fingerprint density at radius 3 is 2.50 bits per heavy atom. The molecule has 18 heavy (non-hydrogen) atoms. The average Bonchev–Trinajstić information content (AvgIpc) is 2.26. The second-order valence-electron chi connectivity index (χ2n) is 4.85. The van der Waals surface area contributed by atoms with Gasteiger partial charge in [-0.15, -0.1) is 11.6 Å². The third-order valence-electron chi connectivity index (χ3n) is 2.56. The number of rotatable bonds is 7. The summed E-state index contributed by atoms with van der Waals surface area (Å²) in [6.07, 6.45) is 4.40. The lowest BCUT2D eigenvalue weighted by Crippen LogP contribution is -2.44. The van der Waals surface area contributed by atoms with Crippen molar-refractivity contribution in [2.24, 2.45) is 0 Å². The van der Waals surface area contributed by atoms with Crippen LogP contribution in [0.15, 0.2) is 24.5 Å². The van der Waals surface area contributed by atoms with E-state index >= 15 is 0 Å². The molecule has 1 aromatic heterocycles. The summed E-state index contributed by atoms with van der Waals surface area (Å²) in [5, 5.41) is 0. The van der Waals surface area contributed by atoms with Crippen molar-refractivity contribution < 1.29 is 8.42 Å². The van der Waals surface area contributed by atoms with Crippen LogP contribution in [0.5, 0.6) is 0 Å². The fourth-order valence-electron chi connectivity index (χ4n) is 1.56. The van der Waals surface area contributed by atoms with Crippen LogP contribution in [-0.2, 0) is 16.4 Å². The van der Waals surface area contributed by atoms with Gasteiger partial charge in [0.15, 0.2) is 0 Å². The number of nitrogens with zero attached hydrogens (tertiary/aromatic N) is 1. The van der Waals surface area contributed by atoms with Crippen LogP contribution in [0.3, 0.4) is 0 Å². The number of nitrogens with one attached hydrogen (secondary N) is 1. The van der Waals surface area contributed by atoms with Gasteiger partial charge >= 0.3 is 0 Å². The topological polar surface area (TPSA) is 59.1 Å². The second-order valence-corrected chi connectivity index (χ2v) is 7.07. The molecule has 0 spiro atoms. The summed E-state index contributed by atoms with van der Waals surface area (Å²) in [6, 6.07) is 3.64. The van der Waals surface area contributed by atoms with Crippen LogP contribution in [0.2, 0.25) is 0 Å². The molecule has 0 bridgehead atoms. The summed E-state index contributed by atoms with van der Waals surface area (Å²) in [5.41, 5.74) is 0.462. The highest BCUT2D eigenvalue weighted by Gasteiger charge is 2.23. The molecular formula is C12H19ClN2O2S. The van der Waals surface area contributed by atoms with Gasteiger partial charge in [0.1, 0.15) is 0 Å². The smallest absolute Gasteiger partial charge is 0.212 e. The summed E-state index contributed by atoms with van der Waals surface area (Å²) in [5.74, 6) is 0.503. The zero-order valence-electron chi connectivity index (χ0n) is 10.7. The molecule has 0 aliphatic carbocycles. The Balaban J connectivity index is 2.55. The minimum absolute atomic E-state index is 0.0722. The first kappa shape index (κ1) is 15.4. The van der Waals surface area contributed by atoms with Gasteiger partial charge in [-0.2, -0.15) is 0 Å². The van der Waals surface area contributed by atoms with Gasteiger partial charge in [-0.05, 0) is 44.4 Å². The third-order valence-corrected chi connectivity index (χ3v) is 4.35. The zero-order valence-corrected chi connectivity index (χ0v) is 12.3. The first-order valence-corrected chi connectivity index (χ1v) is 8.00. The van der Waals surface area contributed by atoms with Crippen LogP contribution in [0, 0.1) is 0 Å². The number of hydrogen-bond donors (Lipinski definition) is 1. The molecule has 0 saturated carbocycles. The van der Waals surface area contributed by atoms with Crippen LogP contribution < -0.4 is 4.72 Å². The van der Waals surface area contributed by atoms with Crippen LogP contribution in [0.1, 0.15) is 25.8 Å². The maximum atomic E-state index is 11.9. The van der Waals surface area contributed by atoms with Crippen molar-refractivity contribution in [1.82, 2.24) is 9.71 Å². The first-order chi connectivity index (χ1) is 8.35. The third kappa shape index (κ3) is 5.80. The minimum atomic E-state index is -3.29. The molecule has 0 fully saturated rings. The fourth-order valence-corrected chi connectivity index (χ4v) is 3.58. The number of aryl methyl sites for hydroxylation is 1. The molecule has 0 saturated heterocycles. The van der Waals surface area contributed by atoms with E-state index in [0.717, 1.165) is 5.56 Å². The Morgan fingerprint density at radius 1 is 1.33 bits per heavy atom. The molecule has 1 aromatic rings.